The van der Waals surface area contributed by atoms with E-state index in [4.69, 9.17) is 4.98 Å². The zero-order chi connectivity index (χ0) is 59.1. The van der Waals surface area contributed by atoms with Crippen LogP contribution < -0.4 is 14.7 Å². The lowest BCUT2D eigenvalue weighted by Crippen LogP contribution is -2.32. The Kier molecular flexibility index (Phi) is 12.1. The summed E-state index contributed by atoms with van der Waals surface area (Å²) in [5.74, 6) is 1.85. The van der Waals surface area contributed by atoms with Crippen LogP contribution in [0.5, 0.6) is 0 Å². The standard InChI is InChI=1S/3C24H19N3O2/c1-13-2-9-19-17(10-13)12-25-22(26-19)14-5-7-18(8-6-14)27-23(28)20-15-3-4-16(11-15)21(20)24(27)29;1-13-2-3-17-12-25-22(26-19(17)10-13)14-6-8-18(9-7-14)27-23(28)20-15-4-5-16(11-15)21(20)24(27)29;1-13-3-2-4-17-12-25-22(26-21(13)17)14-7-9-18(10-8-14)27-23(28)19-15-5-6-16(11-15)20(19)24(27)29/h2*2-10,12,15-16,20-21H,11H2,1H3;2-10,12,15-16,19-20H,11H2,1H3/t2*15-,16?,20-,21+;15-,16?,19-,20+/m111/s1. The van der Waals surface area contributed by atoms with Gasteiger partial charge in [-0.2, -0.15) is 0 Å². The molecule has 3 aliphatic heterocycles. The van der Waals surface area contributed by atoms with Gasteiger partial charge in [0.2, 0.25) is 35.4 Å². The molecule has 87 heavy (non-hydrogen) atoms. The van der Waals surface area contributed by atoms with Crippen LogP contribution in [0.15, 0.2) is 182 Å². The first-order chi connectivity index (χ1) is 42.3. The zero-order valence-corrected chi connectivity index (χ0v) is 47.8. The zero-order valence-electron chi connectivity index (χ0n) is 47.8. The fourth-order valence-electron chi connectivity index (χ4n) is 15.7. The third-order valence-corrected chi connectivity index (χ3v) is 19.8. The van der Waals surface area contributed by atoms with Crippen molar-refractivity contribution in [3.05, 3.63) is 199 Å². The minimum Gasteiger partial charge on any atom is -0.274 e. The van der Waals surface area contributed by atoms with E-state index >= 15 is 0 Å². The molecule has 6 fully saturated rings. The molecule has 0 radical (unpaired) electrons. The highest BCUT2D eigenvalue weighted by Gasteiger charge is 2.62. The lowest BCUT2D eigenvalue weighted by Gasteiger charge is -2.17. The van der Waals surface area contributed by atoms with Crippen molar-refractivity contribution in [3.8, 4) is 34.2 Å². The second-order valence-electron chi connectivity index (χ2n) is 24.9. The molecule has 6 bridgehead atoms. The summed E-state index contributed by atoms with van der Waals surface area (Å²) in [4.78, 5) is 109. The Labute approximate surface area is 500 Å². The van der Waals surface area contributed by atoms with E-state index in [1.165, 1.54) is 20.3 Å². The van der Waals surface area contributed by atoms with Crippen molar-refractivity contribution in [2.24, 2.45) is 71.0 Å². The van der Waals surface area contributed by atoms with Gasteiger partial charge < -0.3 is 0 Å². The summed E-state index contributed by atoms with van der Waals surface area (Å²) in [5, 5.41) is 3.01. The van der Waals surface area contributed by atoms with E-state index in [2.05, 4.69) is 67.4 Å². The molecule has 3 saturated carbocycles. The van der Waals surface area contributed by atoms with Crippen LogP contribution in [0.2, 0.25) is 0 Å². The summed E-state index contributed by atoms with van der Waals surface area (Å²) in [6.07, 6.45) is 21.0. The summed E-state index contributed by atoms with van der Waals surface area (Å²) < 4.78 is 0. The van der Waals surface area contributed by atoms with Gasteiger partial charge in [0.1, 0.15) is 0 Å². The molecular weight excluding hydrogens is 1090 g/mol. The number of amides is 6. The average molecular weight is 1140 g/mol. The number of hydrogen-bond donors (Lipinski definition) is 0. The van der Waals surface area contributed by atoms with E-state index in [0.717, 1.165) is 79.8 Å². The number of aryl methyl sites for hydroxylation is 3. The van der Waals surface area contributed by atoms with Gasteiger partial charge >= 0.3 is 0 Å². The second kappa shape index (κ2) is 20.0. The Morgan fingerprint density at radius 1 is 0.345 bits per heavy atom. The molecule has 3 saturated heterocycles. The highest BCUT2D eigenvalue weighted by molar-refractivity contribution is 6.24. The first-order valence-corrected chi connectivity index (χ1v) is 30.0. The molecule has 0 N–H and O–H groups in total. The maximum Gasteiger partial charge on any atom is 0.238 e. The fourth-order valence-corrected chi connectivity index (χ4v) is 15.7. The van der Waals surface area contributed by atoms with Gasteiger partial charge in [0.15, 0.2) is 17.5 Å². The quantitative estimate of drug-likeness (QED) is 0.113. The Morgan fingerprint density at radius 2 is 0.701 bits per heavy atom. The Hall–Kier alpha value is -10.0. The summed E-state index contributed by atoms with van der Waals surface area (Å²) in [6, 6.07) is 40.5. The molecule has 426 valence electrons. The number of imide groups is 3. The third kappa shape index (κ3) is 8.44. The Bertz CT molecular complexity index is 4460. The van der Waals surface area contributed by atoms with Crippen LogP contribution in [0, 0.1) is 91.8 Å². The number of aromatic nitrogens is 6. The predicted octanol–water partition coefficient (Wildman–Crippen LogP) is 11.8. The first kappa shape index (κ1) is 52.5. The van der Waals surface area contributed by atoms with Crippen molar-refractivity contribution in [2.45, 2.75) is 40.0 Å². The molecule has 3 unspecified atom stereocenters. The number of carbonyl (C=O) groups excluding carboxylic acids is 6. The molecule has 18 rings (SSSR count). The van der Waals surface area contributed by atoms with E-state index in [1.54, 1.807) is 0 Å². The molecule has 6 aliphatic carbocycles. The van der Waals surface area contributed by atoms with Crippen molar-refractivity contribution < 1.29 is 28.8 Å². The van der Waals surface area contributed by atoms with Gasteiger partial charge in [0.25, 0.3) is 0 Å². The highest BCUT2D eigenvalue weighted by atomic mass is 16.2. The Morgan fingerprint density at radius 3 is 1.13 bits per heavy atom. The van der Waals surface area contributed by atoms with Gasteiger partial charge in [-0.05, 0) is 178 Å². The number of benzene rings is 6. The van der Waals surface area contributed by atoms with Gasteiger partial charge in [-0.25, -0.2) is 29.9 Å². The maximum atomic E-state index is 13.0. The number of carbonyl (C=O) groups is 6. The van der Waals surface area contributed by atoms with Crippen molar-refractivity contribution in [2.75, 3.05) is 14.7 Å². The van der Waals surface area contributed by atoms with Crippen LogP contribution in [0.25, 0.3) is 66.9 Å². The van der Waals surface area contributed by atoms with Crippen molar-refractivity contribution >= 4 is 85.2 Å². The van der Waals surface area contributed by atoms with E-state index in [-0.39, 0.29) is 106 Å². The van der Waals surface area contributed by atoms with Gasteiger partial charge in [0.05, 0.1) is 69.1 Å². The summed E-state index contributed by atoms with van der Waals surface area (Å²) in [6.45, 7) is 6.12. The topological polar surface area (TPSA) is 189 Å². The average Bonchev–Trinajstić information content (AvgIpc) is 1.71. The third-order valence-electron chi connectivity index (χ3n) is 19.8. The smallest absolute Gasteiger partial charge is 0.238 e. The molecule has 0 spiro atoms. The van der Waals surface area contributed by atoms with Crippen molar-refractivity contribution in [1.29, 1.82) is 0 Å². The number of rotatable bonds is 6. The second-order valence-corrected chi connectivity index (χ2v) is 24.9. The molecular formula is C72H57N9O6. The van der Waals surface area contributed by atoms with Gasteiger partial charge in [-0.15, -0.1) is 0 Å². The lowest BCUT2D eigenvalue weighted by atomic mass is 9.85. The maximum absolute atomic E-state index is 13.0. The number of nitrogens with zero attached hydrogens (tertiary/aromatic N) is 9. The van der Waals surface area contributed by atoms with E-state index < -0.39 is 0 Å². The van der Waals surface area contributed by atoms with Crippen LogP contribution in [0.4, 0.5) is 17.1 Å². The number of hydrogen-bond acceptors (Lipinski definition) is 12. The molecule has 6 heterocycles. The van der Waals surface area contributed by atoms with Crippen LogP contribution in [-0.2, 0) is 28.8 Å². The molecule has 12 atom stereocenters. The highest BCUT2D eigenvalue weighted by Crippen LogP contribution is 2.56. The molecule has 15 heteroatoms. The van der Waals surface area contributed by atoms with E-state index in [1.807, 2.05) is 161 Å². The Balaban J connectivity index is 0.000000106. The molecule has 9 aliphatic rings. The van der Waals surface area contributed by atoms with Crippen LogP contribution in [0.1, 0.15) is 36.0 Å². The molecule has 15 nitrogen and oxygen atoms in total. The van der Waals surface area contributed by atoms with E-state index in [9.17, 15) is 28.8 Å². The normalized spacial score (nSPS) is 27.3. The molecule has 3 aromatic heterocycles. The predicted molar refractivity (Wildman–Crippen MR) is 330 cm³/mol. The van der Waals surface area contributed by atoms with Crippen LogP contribution >= 0.6 is 0 Å². The lowest BCUT2D eigenvalue weighted by molar-refractivity contribution is -0.124. The number of allylic oxidation sites excluding steroid dienone is 6. The van der Waals surface area contributed by atoms with Gasteiger partial charge in [-0.3, -0.25) is 43.5 Å². The number of anilines is 3. The molecule has 6 amide bonds. The largest absolute Gasteiger partial charge is 0.274 e. The van der Waals surface area contributed by atoms with Crippen LogP contribution in [0.3, 0.4) is 0 Å². The molecule has 6 aromatic carbocycles. The summed E-state index contributed by atoms with van der Waals surface area (Å²) in [5.41, 5.74) is 10.6. The minimum absolute atomic E-state index is 0.0535. The van der Waals surface area contributed by atoms with Crippen LogP contribution in [-0.4, -0.2) is 65.3 Å². The fraction of sp³-hybridized carbons (Fsp3) is 0.250. The van der Waals surface area contributed by atoms with Gasteiger partial charge in [0, 0.05) is 51.4 Å². The number of para-hydroxylation sites is 1. The monoisotopic (exact) mass is 1140 g/mol. The number of fused-ring (bicyclic) bond motifs is 18. The van der Waals surface area contributed by atoms with Crippen molar-refractivity contribution in [3.63, 3.8) is 0 Å². The molecule has 9 aromatic rings. The van der Waals surface area contributed by atoms with Crippen molar-refractivity contribution in [1.82, 2.24) is 29.9 Å². The SMILES string of the molecule is Cc1ccc2cnc(-c3ccc(N4C(=O)[C@@H]5[C@@H]6C=CC(C6)[C@@H]5C4=O)cc3)nc2c1.Cc1ccc2nc(-c3ccc(N4C(=O)[C@@H]5[C@@H]6C=CC(C6)[C@@H]5C4=O)cc3)ncc2c1.Cc1cccc2cnc(-c3ccc(N4C(=O)[C@@H]5[C@@H]6C=CC(C6)[C@@H]5C4=O)cc3)nc12. The van der Waals surface area contributed by atoms with E-state index in [0.29, 0.717) is 34.5 Å². The van der Waals surface area contributed by atoms with Gasteiger partial charge in [-0.1, -0.05) is 78.4 Å². The minimum atomic E-state index is -0.177. The summed E-state index contributed by atoms with van der Waals surface area (Å²) >= 11 is 0. The first-order valence-electron chi connectivity index (χ1n) is 30.0. The summed E-state index contributed by atoms with van der Waals surface area (Å²) in [7, 11) is 0.